The van der Waals surface area contributed by atoms with E-state index in [1.54, 1.807) is 11.3 Å². The predicted octanol–water partition coefficient (Wildman–Crippen LogP) is 3.33. The van der Waals surface area contributed by atoms with Gasteiger partial charge in [0, 0.05) is 4.88 Å². The van der Waals surface area contributed by atoms with Gasteiger partial charge in [0.15, 0.2) is 0 Å². The molecule has 2 heteroatoms. The fraction of sp³-hybridized carbons (Fsp3) is 0.667. The Balaban J connectivity index is 2.41. The van der Waals surface area contributed by atoms with Crippen LogP contribution in [0, 0.1) is 11.8 Å². The lowest BCUT2D eigenvalue weighted by Gasteiger charge is -2.23. The SMILES string of the molecule is CC(C)C(CCc1cccs1)C(C)O. The fourth-order valence-electron chi connectivity index (χ4n) is 1.90. The summed E-state index contributed by atoms with van der Waals surface area (Å²) in [6, 6.07) is 4.26. The molecule has 0 aromatic carbocycles. The Morgan fingerprint density at radius 2 is 2.07 bits per heavy atom. The van der Waals surface area contributed by atoms with E-state index in [-0.39, 0.29) is 6.10 Å². The van der Waals surface area contributed by atoms with Gasteiger partial charge in [0.1, 0.15) is 0 Å². The first-order chi connectivity index (χ1) is 6.61. The molecule has 0 bridgehead atoms. The van der Waals surface area contributed by atoms with Gasteiger partial charge in [-0.05, 0) is 43.0 Å². The molecule has 0 aliphatic carbocycles. The Morgan fingerprint density at radius 3 is 2.50 bits per heavy atom. The summed E-state index contributed by atoms with van der Waals surface area (Å²) in [5.41, 5.74) is 0. The molecule has 1 nitrogen and oxygen atoms in total. The van der Waals surface area contributed by atoms with Gasteiger partial charge in [0.2, 0.25) is 0 Å². The summed E-state index contributed by atoms with van der Waals surface area (Å²) in [7, 11) is 0. The van der Waals surface area contributed by atoms with Gasteiger partial charge in [-0.15, -0.1) is 11.3 Å². The molecule has 2 unspecified atom stereocenters. The fourth-order valence-corrected chi connectivity index (χ4v) is 2.62. The molecule has 0 fully saturated rings. The monoisotopic (exact) mass is 212 g/mol. The van der Waals surface area contributed by atoms with E-state index < -0.39 is 0 Å². The minimum Gasteiger partial charge on any atom is -0.393 e. The van der Waals surface area contributed by atoms with Crippen LogP contribution in [0.2, 0.25) is 0 Å². The third-order valence-electron chi connectivity index (χ3n) is 2.78. The van der Waals surface area contributed by atoms with Crippen molar-refractivity contribution in [2.75, 3.05) is 0 Å². The van der Waals surface area contributed by atoms with Gasteiger partial charge in [-0.2, -0.15) is 0 Å². The van der Waals surface area contributed by atoms with E-state index in [0.29, 0.717) is 11.8 Å². The van der Waals surface area contributed by atoms with Crippen molar-refractivity contribution in [3.05, 3.63) is 22.4 Å². The molecular weight excluding hydrogens is 192 g/mol. The first kappa shape index (κ1) is 11.7. The van der Waals surface area contributed by atoms with Crippen molar-refractivity contribution in [3.63, 3.8) is 0 Å². The molecule has 0 radical (unpaired) electrons. The molecule has 1 N–H and O–H groups in total. The van der Waals surface area contributed by atoms with Crippen LogP contribution >= 0.6 is 11.3 Å². The smallest absolute Gasteiger partial charge is 0.0542 e. The van der Waals surface area contributed by atoms with Crippen molar-refractivity contribution in [2.45, 2.75) is 39.7 Å². The van der Waals surface area contributed by atoms with Crippen LogP contribution in [-0.4, -0.2) is 11.2 Å². The Morgan fingerprint density at radius 1 is 1.36 bits per heavy atom. The molecule has 14 heavy (non-hydrogen) atoms. The highest BCUT2D eigenvalue weighted by molar-refractivity contribution is 7.09. The molecular formula is C12H20OS. The third kappa shape index (κ3) is 3.43. The average molecular weight is 212 g/mol. The number of rotatable bonds is 5. The molecule has 0 aliphatic rings. The number of aryl methyl sites for hydroxylation is 1. The highest BCUT2D eigenvalue weighted by atomic mass is 32.1. The lowest BCUT2D eigenvalue weighted by Crippen LogP contribution is -2.22. The number of aliphatic hydroxyl groups excluding tert-OH is 1. The zero-order valence-electron chi connectivity index (χ0n) is 9.23. The average Bonchev–Trinajstić information content (AvgIpc) is 2.55. The predicted molar refractivity (Wildman–Crippen MR) is 62.6 cm³/mol. The first-order valence-electron chi connectivity index (χ1n) is 5.31. The Hall–Kier alpha value is -0.340. The Labute approximate surface area is 90.8 Å². The second kappa shape index (κ2) is 5.52. The van der Waals surface area contributed by atoms with Gasteiger partial charge in [-0.25, -0.2) is 0 Å². The summed E-state index contributed by atoms with van der Waals surface area (Å²) in [4.78, 5) is 1.43. The Bertz CT molecular complexity index is 231. The zero-order valence-corrected chi connectivity index (χ0v) is 10.1. The molecule has 1 heterocycles. The topological polar surface area (TPSA) is 20.2 Å². The molecule has 0 aliphatic heterocycles. The summed E-state index contributed by atoms with van der Waals surface area (Å²) in [5, 5.41) is 11.7. The van der Waals surface area contributed by atoms with Crippen molar-refractivity contribution in [1.29, 1.82) is 0 Å². The van der Waals surface area contributed by atoms with Crippen LogP contribution in [0.4, 0.5) is 0 Å². The second-order valence-electron chi connectivity index (χ2n) is 4.27. The van der Waals surface area contributed by atoms with Gasteiger partial charge in [0.05, 0.1) is 6.10 Å². The van der Waals surface area contributed by atoms with E-state index in [0.717, 1.165) is 12.8 Å². The largest absolute Gasteiger partial charge is 0.393 e. The van der Waals surface area contributed by atoms with Gasteiger partial charge >= 0.3 is 0 Å². The van der Waals surface area contributed by atoms with Crippen molar-refractivity contribution < 1.29 is 5.11 Å². The van der Waals surface area contributed by atoms with Crippen LogP contribution in [0.25, 0.3) is 0 Å². The van der Waals surface area contributed by atoms with Crippen molar-refractivity contribution in [1.82, 2.24) is 0 Å². The minimum absolute atomic E-state index is 0.185. The zero-order chi connectivity index (χ0) is 10.6. The van der Waals surface area contributed by atoms with E-state index in [2.05, 4.69) is 31.4 Å². The highest BCUT2D eigenvalue weighted by Crippen LogP contribution is 2.23. The molecule has 80 valence electrons. The maximum Gasteiger partial charge on any atom is 0.0542 e. The number of thiophene rings is 1. The minimum atomic E-state index is -0.185. The van der Waals surface area contributed by atoms with Gasteiger partial charge in [-0.1, -0.05) is 19.9 Å². The molecule has 0 amide bonds. The summed E-state index contributed by atoms with van der Waals surface area (Å²) >= 11 is 1.81. The lowest BCUT2D eigenvalue weighted by molar-refractivity contribution is 0.0923. The summed E-state index contributed by atoms with van der Waals surface area (Å²) in [6.07, 6.45) is 2.01. The lowest BCUT2D eigenvalue weighted by atomic mass is 9.87. The van der Waals surface area contributed by atoms with Crippen LogP contribution in [0.15, 0.2) is 17.5 Å². The quantitative estimate of drug-likeness (QED) is 0.793. The number of aliphatic hydroxyl groups is 1. The van der Waals surface area contributed by atoms with Crippen LogP contribution in [0.3, 0.4) is 0 Å². The Kier molecular flexibility index (Phi) is 4.63. The molecule has 0 saturated carbocycles. The summed E-state index contributed by atoms with van der Waals surface area (Å²) in [6.45, 7) is 6.27. The molecule has 1 rings (SSSR count). The highest BCUT2D eigenvalue weighted by Gasteiger charge is 2.18. The van der Waals surface area contributed by atoms with E-state index >= 15 is 0 Å². The van der Waals surface area contributed by atoms with Gasteiger partial charge in [-0.3, -0.25) is 0 Å². The number of hydrogen-bond acceptors (Lipinski definition) is 2. The van der Waals surface area contributed by atoms with E-state index in [9.17, 15) is 5.11 Å². The standard InChI is InChI=1S/C12H20OS/c1-9(2)12(10(3)13)7-6-11-5-4-8-14-11/h4-5,8-10,12-13H,6-7H2,1-3H3. The maximum absolute atomic E-state index is 9.61. The molecule has 0 saturated heterocycles. The third-order valence-corrected chi connectivity index (χ3v) is 3.72. The van der Waals surface area contributed by atoms with Gasteiger partial charge < -0.3 is 5.11 Å². The van der Waals surface area contributed by atoms with Crippen molar-refractivity contribution in [2.24, 2.45) is 11.8 Å². The van der Waals surface area contributed by atoms with E-state index in [1.807, 2.05) is 6.92 Å². The molecule has 1 aromatic heterocycles. The van der Waals surface area contributed by atoms with E-state index in [1.165, 1.54) is 4.88 Å². The van der Waals surface area contributed by atoms with Crippen molar-refractivity contribution >= 4 is 11.3 Å². The molecule has 2 atom stereocenters. The van der Waals surface area contributed by atoms with E-state index in [4.69, 9.17) is 0 Å². The normalized spacial score (nSPS) is 15.8. The van der Waals surface area contributed by atoms with Crippen LogP contribution in [0.5, 0.6) is 0 Å². The first-order valence-corrected chi connectivity index (χ1v) is 6.19. The van der Waals surface area contributed by atoms with Crippen LogP contribution in [0.1, 0.15) is 32.1 Å². The molecule has 0 spiro atoms. The van der Waals surface area contributed by atoms with Gasteiger partial charge in [0.25, 0.3) is 0 Å². The van der Waals surface area contributed by atoms with Crippen LogP contribution in [-0.2, 0) is 6.42 Å². The van der Waals surface area contributed by atoms with Crippen LogP contribution < -0.4 is 0 Å². The summed E-state index contributed by atoms with van der Waals surface area (Å²) in [5.74, 6) is 0.993. The number of hydrogen-bond donors (Lipinski definition) is 1. The molecule has 1 aromatic rings. The summed E-state index contributed by atoms with van der Waals surface area (Å²) < 4.78 is 0. The van der Waals surface area contributed by atoms with Crippen molar-refractivity contribution in [3.8, 4) is 0 Å². The second-order valence-corrected chi connectivity index (χ2v) is 5.30. The maximum atomic E-state index is 9.61.